The summed E-state index contributed by atoms with van der Waals surface area (Å²) >= 11 is 0. The van der Waals surface area contributed by atoms with E-state index in [-0.39, 0.29) is 11.7 Å². The van der Waals surface area contributed by atoms with Gasteiger partial charge in [-0.1, -0.05) is 0 Å². The highest BCUT2D eigenvalue weighted by atomic mass is 16.5. The van der Waals surface area contributed by atoms with Crippen LogP contribution in [0.3, 0.4) is 0 Å². The lowest BCUT2D eigenvalue weighted by molar-refractivity contribution is -0.143. The van der Waals surface area contributed by atoms with E-state index in [9.17, 15) is 9.90 Å². The summed E-state index contributed by atoms with van der Waals surface area (Å²) in [4.78, 5) is 11.2. The van der Waals surface area contributed by atoms with Crippen LogP contribution in [0.5, 0.6) is 5.75 Å². The van der Waals surface area contributed by atoms with Crippen molar-refractivity contribution in [2.45, 2.75) is 26.2 Å². The number of carbonyl (C=O) groups is 1. The van der Waals surface area contributed by atoms with E-state index in [4.69, 9.17) is 9.15 Å². The Balaban J connectivity index is 1.94. The molecule has 0 aliphatic carbocycles. The Kier molecular flexibility index (Phi) is 3.87. The number of carbonyl (C=O) groups excluding carboxylic acids is 1. The second kappa shape index (κ2) is 5.58. The van der Waals surface area contributed by atoms with Gasteiger partial charge in [0.1, 0.15) is 17.1 Å². The zero-order chi connectivity index (χ0) is 13.0. The molecular formula is C14H16O4. The molecule has 2 aromatic rings. The van der Waals surface area contributed by atoms with E-state index in [2.05, 4.69) is 0 Å². The molecule has 96 valence electrons. The topological polar surface area (TPSA) is 59.7 Å². The van der Waals surface area contributed by atoms with Gasteiger partial charge in [0.25, 0.3) is 0 Å². The van der Waals surface area contributed by atoms with Crippen LogP contribution < -0.4 is 0 Å². The summed E-state index contributed by atoms with van der Waals surface area (Å²) in [5.74, 6) is 0.868. The van der Waals surface area contributed by atoms with Gasteiger partial charge in [0, 0.05) is 18.2 Å². The zero-order valence-corrected chi connectivity index (χ0v) is 10.3. The number of hydrogen-bond donors (Lipinski definition) is 1. The van der Waals surface area contributed by atoms with Crippen LogP contribution in [0, 0.1) is 0 Å². The summed E-state index contributed by atoms with van der Waals surface area (Å²) in [7, 11) is 0. The Labute approximate surface area is 105 Å². The molecular weight excluding hydrogens is 232 g/mol. The third-order valence-corrected chi connectivity index (χ3v) is 2.66. The average Bonchev–Trinajstić information content (AvgIpc) is 2.71. The maximum atomic E-state index is 11.2. The van der Waals surface area contributed by atoms with Crippen LogP contribution in [0.4, 0.5) is 0 Å². The normalized spacial score (nSPS) is 10.7. The lowest BCUT2D eigenvalue weighted by atomic mass is 10.2. The summed E-state index contributed by atoms with van der Waals surface area (Å²) in [5, 5.41) is 10.2. The number of aromatic hydroxyl groups is 1. The molecule has 1 aromatic heterocycles. The molecule has 0 saturated heterocycles. The van der Waals surface area contributed by atoms with E-state index < -0.39 is 0 Å². The molecule has 0 bridgehead atoms. The predicted octanol–water partition coefficient (Wildman–Crippen LogP) is 3.02. The molecule has 4 nitrogen and oxygen atoms in total. The fourth-order valence-electron chi connectivity index (χ4n) is 1.85. The number of phenolic OH excluding ortho intramolecular Hbond substituents is 1. The Morgan fingerprint density at radius 1 is 1.39 bits per heavy atom. The Morgan fingerprint density at radius 3 is 3.00 bits per heavy atom. The summed E-state index contributed by atoms with van der Waals surface area (Å²) < 4.78 is 10.5. The number of hydrogen-bond acceptors (Lipinski definition) is 4. The molecule has 2 rings (SSSR count). The minimum atomic E-state index is -0.175. The predicted molar refractivity (Wildman–Crippen MR) is 67.4 cm³/mol. The van der Waals surface area contributed by atoms with Crippen molar-refractivity contribution in [2.24, 2.45) is 0 Å². The molecule has 0 unspecified atom stereocenters. The minimum Gasteiger partial charge on any atom is -0.508 e. The smallest absolute Gasteiger partial charge is 0.305 e. The van der Waals surface area contributed by atoms with E-state index in [1.54, 1.807) is 25.1 Å². The maximum absolute atomic E-state index is 11.2. The van der Waals surface area contributed by atoms with Crippen LogP contribution >= 0.6 is 0 Å². The molecule has 0 fully saturated rings. The fraction of sp³-hybridized carbons (Fsp3) is 0.357. The molecule has 1 heterocycles. The van der Waals surface area contributed by atoms with Crippen molar-refractivity contribution in [2.75, 3.05) is 6.61 Å². The molecule has 0 aliphatic heterocycles. The highest BCUT2D eigenvalue weighted by molar-refractivity contribution is 5.79. The molecule has 0 amide bonds. The van der Waals surface area contributed by atoms with E-state index in [0.29, 0.717) is 25.9 Å². The number of ether oxygens (including phenoxy) is 1. The lowest BCUT2D eigenvalue weighted by Crippen LogP contribution is -2.03. The highest BCUT2D eigenvalue weighted by Gasteiger charge is 2.06. The van der Waals surface area contributed by atoms with Crippen molar-refractivity contribution >= 4 is 16.9 Å². The SMILES string of the molecule is CCOC(=O)CCCc1cc2cc(O)ccc2o1. The van der Waals surface area contributed by atoms with Gasteiger partial charge in [0.15, 0.2) is 0 Å². The Bertz CT molecular complexity index is 542. The first-order valence-corrected chi connectivity index (χ1v) is 6.06. The van der Waals surface area contributed by atoms with Crippen LogP contribution in [0.15, 0.2) is 28.7 Å². The number of rotatable bonds is 5. The fourth-order valence-corrected chi connectivity index (χ4v) is 1.85. The van der Waals surface area contributed by atoms with Crippen molar-refractivity contribution in [3.63, 3.8) is 0 Å². The zero-order valence-electron chi connectivity index (χ0n) is 10.3. The number of phenols is 1. The molecule has 0 aliphatic rings. The minimum absolute atomic E-state index is 0.175. The molecule has 0 radical (unpaired) electrons. The quantitative estimate of drug-likeness (QED) is 0.826. The Morgan fingerprint density at radius 2 is 2.22 bits per heavy atom. The maximum Gasteiger partial charge on any atom is 0.305 e. The van der Waals surface area contributed by atoms with Gasteiger partial charge in [-0.2, -0.15) is 0 Å². The summed E-state index contributed by atoms with van der Waals surface area (Å²) in [6, 6.07) is 6.88. The number of fused-ring (bicyclic) bond motifs is 1. The first-order chi connectivity index (χ1) is 8.69. The standard InChI is InChI=1S/C14H16O4/c1-2-17-14(16)5-3-4-12-9-10-8-11(15)6-7-13(10)18-12/h6-9,15H,2-5H2,1H3. The highest BCUT2D eigenvalue weighted by Crippen LogP contribution is 2.24. The van der Waals surface area contributed by atoms with Gasteiger partial charge in [-0.3, -0.25) is 4.79 Å². The second-order valence-electron chi connectivity index (χ2n) is 4.09. The van der Waals surface area contributed by atoms with Crippen molar-refractivity contribution < 1.29 is 19.1 Å². The number of esters is 1. The first kappa shape index (κ1) is 12.5. The molecule has 1 N–H and O–H groups in total. The molecule has 0 spiro atoms. The van der Waals surface area contributed by atoms with Crippen molar-refractivity contribution in [3.8, 4) is 5.75 Å². The van der Waals surface area contributed by atoms with Crippen LogP contribution in [0.2, 0.25) is 0 Å². The van der Waals surface area contributed by atoms with E-state index in [0.717, 1.165) is 16.7 Å². The van der Waals surface area contributed by atoms with Crippen LogP contribution in [-0.2, 0) is 16.0 Å². The van der Waals surface area contributed by atoms with Crippen molar-refractivity contribution in [3.05, 3.63) is 30.0 Å². The average molecular weight is 248 g/mol. The summed E-state index contributed by atoms with van der Waals surface area (Å²) in [5.41, 5.74) is 0.749. The van der Waals surface area contributed by atoms with E-state index in [1.165, 1.54) is 0 Å². The first-order valence-electron chi connectivity index (χ1n) is 6.06. The van der Waals surface area contributed by atoms with Crippen LogP contribution in [-0.4, -0.2) is 17.7 Å². The van der Waals surface area contributed by atoms with Gasteiger partial charge in [0.2, 0.25) is 0 Å². The lowest BCUT2D eigenvalue weighted by Gasteiger charge is -1.99. The number of benzene rings is 1. The van der Waals surface area contributed by atoms with Gasteiger partial charge < -0.3 is 14.3 Å². The molecule has 0 saturated carbocycles. The third-order valence-electron chi connectivity index (χ3n) is 2.66. The van der Waals surface area contributed by atoms with Gasteiger partial charge in [-0.15, -0.1) is 0 Å². The van der Waals surface area contributed by atoms with Gasteiger partial charge in [-0.05, 0) is 37.6 Å². The summed E-state index contributed by atoms with van der Waals surface area (Å²) in [6.07, 6.45) is 1.79. The van der Waals surface area contributed by atoms with Gasteiger partial charge in [0.05, 0.1) is 6.61 Å². The largest absolute Gasteiger partial charge is 0.508 e. The molecule has 1 aromatic carbocycles. The molecule has 4 heteroatoms. The third kappa shape index (κ3) is 3.03. The van der Waals surface area contributed by atoms with Crippen LogP contribution in [0.25, 0.3) is 11.0 Å². The van der Waals surface area contributed by atoms with Gasteiger partial charge >= 0.3 is 5.97 Å². The Hall–Kier alpha value is -1.97. The number of furan rings is 1. The summed E-state index contributed by atoms with van der Waals surface area (Å²) in [6.45, 7) is 2.21. The monoisotopic (exact) mass is 248 g/mol. The van der Waals surface area contributed by atoms with E-state index in [1.807, 2.05) is 6.07 Å². The van der Waals surface area contributed by atoms with Gasteiger partial charge in [-0.25, -0.2) is 0 Å². The molecule has 0 atom stereocenters. The number of aryl methyl sites for hydroxylation is 1. The van der Waals surface area contributed by atoms with Crippen LogP contribution in [0.1, 0.15) is 25.5 Å². The van der Waals surface area contributed by atoms with Crippen molar-refractivity contribution in [1.82, 2.24) is 0 Å². The molecule has 18 heavy (non-hydrogen) atoms. The second-order valence-corrected chi connectivity index (χ2v) is 4.09. The van der Waals surface area contributed by atoms with E-state index >= 15 is 0 Å². The van der Waals surface area contributed by atoms with Crippen molar-refractivity contribution in [1.29, 1.82) is 0 Å².